The molecule has 5 rings (SSSR count). The minimum Gasteiger partial charge on any atom is -0.325 e. The SMILES string of the molecule is Cc1cccc(CN2C(=O)C3C(N=C4N(c5ccccc5C)CCN43)N(C)C2=O)c1. The number of rotatable bonds is 3. The molecule has 2 aromatic carbocycles. The van der Waals surface area contributed by atoms with Crippen LogP contribution in [0.5, 0.6) is 0 Å². The minimum atomic E-state index is -0.486. The maximum absolute atomic E-state index is 13.4. The number of urea groups is 1. The number of guanidine groups is 1. The largest absolute Gasteiger partial charge is 0.328 e. The van der Waals surface area contributed by atoms with Gasteiger partial charge < -0.3 is 14.7 Å². The fourth-order valence-corrected chi connectivity index (χ4v) is 4.67. The molecule has 3 aliphatic heterocycles. The van der Waals surface area contributed by atoms with Crippen LogP contribution in [0.4, 0.5) is 10.5 Å². The third-order valence-electron chi connectivity index (χ3n) is 6.21. The van der Waals surface area contributed by atoms with Gasteiger partial charge >= 0.3 is 6.03 Å². The van der Waals surface area contributed by atoms with Gasteiger partial charge in [0.25, 0.3) is 5.91 Å². The van der Waals surface area contributed by atoms with Crippen molar-refractivity contribution in [3.63, 3.8) is 0 Å². The highest BCUT2D eigenvalue weighted by atomic mass is 16.2. The van der Waals surface area contributed by atoms with E-state index in [1.807, 2.05) is 43.3 Å². The first kappa shape index (κ1) is 18.7. The van der Waals surface area contributed by atoms with Crippen molar-refractivity contribution >= 4 is 23.6 Å². The maximum atomic E-state index is 13.4. The smallest absolute Gasteiger partial charge is 0.325 e. The molecule has 0 radical (unpaired) electrons. The van der Waals surface area contributed by atoms with Gasteiger partial charge in [-0.05, 0) is 31.0 Å². The number of carbonyl (C=O) groups excluding carboxylic acids is 2. The highest BCUT2D eigenvalue weighted by molar-refractivity contribution is 6.08. The number of amides is 3. The van der Waals surface area contributed by atoms with Gasteiger partial charge in [0, 0.05) is 25.8 Å². The zero-order valence-corrected chi connectivity index (χ0v) is 17.4. The molecule has 3 amide bonds. The Morgan fingerprint density at radius 1 is 1.03 bits per heavy atom. The van der Waals surface area contributed by atoms with Crippen LogP contribution in [0, 0.1) is 13.8 Å². The van der Waals surface area contributed by atoms with Crippen LogP contribution in [-0.4, -0.2) is 64.9 Å². The monoisotopic (exact) mass is 403 g/mol. The van der Waals surface area contributed by atoms with Crippen LogP contribution in [0.3, 0.4) is 0 Å². The summed E-state index contributed by atoms with van der Waals surface area (Å²) in [6.45, 7) is 5.84. The Morgan fingerprint density at radius 2 is 1.83 bits per heavy atom. The van der Waals surface area contributed by atoms with E-state index < -0.39 is 12.2 Å². The quantitative estimate of drug-likeness (QED) is 0.791. The number of likely N-dealkylation sites (N-methyl/N-ethyl adjacent to an activating group) is 1. The third kappa shape index (κ3) is 2.76. The number of aryl methyl sites for hydroxylation is 2. The van der Waals surface area contributed by atoms with E-state index in [-0.39, 0.29) is 18.5 Å². The van der Waals surface area contributed by atoms with Crippen molar-refractivity contribution in [1.29, 1.82) is 0 Å². The van der Waals surface area contributed by atoms with Gasteiger partial charge in [0.15, 0.2) is 12.2 Å². The summed E-state index contributed by atoms with van der Waals surface area (Å²) in [6, 6.07) is 15.3. The lowest BCUT2D eigenvalue weighted by molar-refractivity contribution is -0.137. The molecule has 2 saturated heterocycles. The summed E-state index contributed by atoms with van der Waals surface area (Å²) in [5.74, 6) is 0.611. The number of hydrogen-bond donors (Lipinski definition) is 0. The van der Waals surface area contributed by atoms with Crippen molar-refractivity contribution < 1.29 is 9.59 Å². The van der Waals surface area contributed by atoms with Gasteiger partial charge in [-0.2, -0.15) is 0 Å². The van der Waals surface area contributed by atoms with E-state index in [2.05, 4.69) is 28.9 Å². The summed E-state index contributed by atoms with van der Waals surface area (Å²) in [7, 11) is 1.74. The second kappa shape index (κ2) is 6.86. The zero-order chi connectivity index (χ0) is 21.0. The van der Waals surface area contributed by atoms with Crippen molar-refractivity contribution in [3.05, 3.63) is 65.2 Å². The standard InChI is InChI=1S/C23H25N5O2/c1-15-7-6-9-17(13-15)14-28-21(29)19-20(25(3)23(28)30)24-22-26(11-12-27(19)22)18-10-5-4-8-16(18)2/h4-10,13,19-20H,11-12,14H2,1-3H3. The van der Waals surface area contributed by atoms with Crippen LogP contribution in [0.15, 0.2) is 53.5 Å². The first-order valence-electron chi connectivity index (χ1n) is 10.3. The molecular weight excluding hydrogens is 378 g/mol. The summed E-state index contributed by atoms with van der Waals surface area (Å²) in [5.41, 5.74) is 4.31. The predicted octanol–water partition coefficient (Wildman–Crippen LogP) is 2.58. The molecule has 2 aromatic rings. The van der Waals surface area contributed by atoms with Crippen LogP contribution in [0.25, 0.3) is 0 Å². The van der Waals surface area contributed by atoms with E-state index in [0.717, 1.165) is 34.9 Å². The van der Waals surface area contributed by atoms with E-state index in [1.165, 1.54) is 4.90 Å². The van der Waals surface area contributed by atoms with E-state index in [0.29, 0.717) is 6.54 Å². The first-order valence-corrected chi connectivity index (χ1v) is 10.3. The van der Waals surface area contributed by atoms with Crippen LogP contribution in [0.1, 0.15) is 16.7 Å². The van der Waals surface area contributed by atoms with Crippen LogP contribution >= 0.6 is 0 Å². The second-order valence-electron chi connectivity index (χ2n) is 8.23. The van der Waals surface area contributed by atoms with Gasteiger partial charge in [-0.1, -0.05) is 48.0 Å². The van der Waals surface area contributed by atoms with E-state index in [1.54, 1.807) is 11.9 Å². The molecule has 0 aromatic heterocycles. The molecule has 30 heavy (non-hydrogen) atoms. The van der Waals surface area contributed by atoms with Gasteiger partial charge in [-0.25, -0.2) is 9.79 Å². The molecule has 0 bridgehead atoms. The summed E-state index contributed by atoms with van der Waals surface area (Å²) < 4.78 is 0. The predicted molar refractivity (Wildman–Crippen MR) is 115 cm³/mol. The normalized spacial score (nSPS) is 23.1. The molecule has 3 aliphatic rings. The summed E-state index contributed by atoms with van der Waals surface area (Å²) in [6.07, 6.45) is -0.486. The van der Waals surface area contributed by atoms with Crippen LogP contribution in [0.2, 0.25) is 0 Å². The van der Waals surface area contributed by atoms with E-state index in [9.17, 15) is 9.59 Å². The molecule has 154 valence electrons. The highest BCUT2D eigenvalue weighted by Gasteiger charge is 2.54. The molecule has 2 atom stereocenters. The van der Waals surface area contributed by atoms with Gasteiger partial charge in [-0.3, -0.25) is 9.69 Å². The Hall–Kier alpha value is -3.35. The Bertz CT molecular complexity index is 1070. The Kier molecular flexibility index (Phi) is 4.27. The molecule has 7 nitrogen and oxygen atoms in total. The first-order chi connectivity index (χ1) is 14.5. The van der Waals surface area contributed by atoms with E-state index in [4.69, 9.17) is 4.99 Å². The van der Waals surface area contributed by atoms with Crippen molar-refractivity contribution in [1.82, 2.24) is 14.7 Å². The number of fused-ring (bicyclic) bond motifs is 3. The number of nitrogens with zero attached hydrogens (tertiary/aromatic N) is 5. The second-order valence-corrected chi connectivity index (χ2v) is 8.23. The minimum absolute atomic E-state index is 0.171. The number of carbonyl (C=O) groups is 2. The van der Waals surface area contributed by atoms with Crippen molar-refractivity contribution in [3.8, 4) is 0 Å². The molecule has 2 fully saturated rings. The van der Waals surface area contributed by atoms with Crippen molar-refractivity contribution in [2.75, 3.05) is 25.0 Å². The summed E-state index contributed by atoms with van der Waals surface area (Å²) in [4.78, 5) is 38.5. The van der Waals surface area contributed by atoms with Crippen molar-refractivity contribution in [2.45, 2.75) is 32.6 Å². The number of benzene rings is 2. The molecule has 0 aliphatic carbocycles. The fourth-order valence-electron chi connectivity index (χ4n) is 4.67. The maximum Gasteiger partial charge on any atom is 0.328 e. The molecule has 7 heteroatoms. The lowest BCUT2D eigenvalue weighted by Crippen LogP contribution is -2.64. The number of anilines is 1. The molecule has 2 unspecified atom stereocenters. The van der Waals surface area contributed by atoms with Crippen LogP contribution < -0.4 is 4.90 Å². The Morgan fingerprint density at radius 3 is 2.60 bits per heavy atom. The number of para-hydroxylation sites is 1. The van der Waals surface area contributed by atoms with Gasteiger partial charge in [0.2, 0.25) is 5.96 Å². The molecule has 3 heterocycles. The number of aliphatic imine (C=N–C) groups is 1. The topological polar surface area (TPSA) is 59.5 Å². The van der Waals surface area contributed by atoms with Crippen molar-refractivity contribution in [2.24, 2.45) is 4.99 Å². The lowest BCUT2D eigenvalue weighted by atomic mass is 10.1. The third-order valence-corrected chi connectivity index (χ3v) is 6.21. The highest BCUT2D eigenvalue weighted by Crippen LogP contribution is 2.34. The van der Waals surface area contributed by atoms with Gasteiger partial charge in [0.05, 0.1) is 6.54 Å². The molecule has 0 saturated carbocycles. The average molecular weight is 403 g/mol. The lowest BCUT2D eigenvalue weighted by Gasteiger charge is -2.40. The molecule has 0 spiro atoms. The Labute approximate surface area is 176 Å². The van der Waals surface area contributed by atoms with Gasteiger partial charge in [-0.15, -0.1) is 0 Å². The number of imide groups is 1. The Balaban J connectivity index is 1.45. The molecular formula is C23H25N5O2. The molecule has 0 N–H and O–H groups in total. The van der Waals surface area contributed by atoms with Gasteiger partial charge in [0.1, 0.15) is 0 Å². The van der Waals surface area contributed by atoms with Crippen LogP contribution in [-0.2, 0) is 11.3 Å². The van der Waals surface area contributed by atoms with E-state index >= 15 is 0 Å². The zero-order valence-electron chi connectivity index (χ0n) is 17.4. The summed E-state index contributed by atoms with van der Waals surface area (Å²) in [5, 5.41) is 0. The number of hydrogen-bond acceptors (Lipinski definition) is 5. The fraction of sp³-hybridized carbons (Fsp3) is 0.348. The average Bonchev–Trinajstić information content (AvgIpc) is 3.30. The summed E-state index contributed by atoms with van der Waals surface area (Å²) >= 11 is 0.